The minimum absolute atomic E-state index is 0.148. The molecule has 8 nitrogen and oxygen atoms in total. The third-order valence-electron chi connectivity index (χ3n) is 4.27. The van der Waals surface area contributed by atoms with Crippen LogP contribution in [0.2, 0.25) is 0 Å². The van der Waals surface area contributed by atoms with Crippen molar-refractivity contribution >= 4 is 17.7 Å². The Labute approximate surface area is 155 Å². The summed E-state index contributed by atoms with van der Waals surface area (Å²) in [5, 5.41) is 3.06. The molecule has 3 N–H and O–H groups in total. The van der Waals surface area contributed by atoms with Gasteiger partial charge in [-0.25, -0.2) is 0 Å². The van der Waals surface area contributed by atoms with Crippen LogP contribution < -0.4 is 11.1 Å². The number of likely N-dealkylation sites (tertiary alicyclic amines) is 1. The summed E-state index contributed by atoms with van der Waals surface area (Å²) in [5.41, 5.74) is 5.06. The lowest BCUT2D eigenvalue weighted by molar-refractivity contribution is -0.141. The van der Waals surface area contributed by atoms with Gasteiger partial charge in [-0.2, -0.15) is 0 Å². The van der Waals surface area contributed by atoms with Gasteiger partial charge in [0, 0.05) is 19.6 Å². The SMILES string of the molecule is C=CC(=O)N(CC)CC(NCOC(C)(C)C)C(=O)N1CCCC1C(N)=O. The summed E-state index contributed by atoms with van der Waals surface area (Å²) < 4.78 is 5.65. The molecule has 3 amide bonds. The maximum absolute atomic E-state index is 13.0. The number of hydrogen-bond donors (Lipinski definition) is 2. The van der Waals surface area contributed by atoms with Gasteiger partial charge in [0.25, 0.3) is 0 Å². The molecule has 0 radical (unpaired) electrons. The number of nitrogens with zero attached hydrogens (tertiary/aromatic N) is 2. The third-order valence-corrected chi connectivity index (χ3v) is 4.27. The zero-order valence-corrected chi connectivity index (χ0v) is 16.3. The maximum Gasteiger partial charge on any atom is 0.246 e. The van der Waals surface area contributed by atoms with E-state index < -0.39 is 18.0 Å². The Morgan fingerprint density at radius 3 is 2.58 bits per heavy atom. The normalized spacial score (nSPS) is 18.5. The molecule has 1 heterocycles. The molecule has 26 heavy (non-hydrogen) atoms. The summed E-state index contributed by atoms with van der Waals surface area (Å²) in [6.45, 7) is 12.3. The largest absolute Gasteiger partial charge is 0.368 e. The van der Waals surface area contributed by atoms with Crippen molar-refractivity contribution in [1.29, 1.82) is 0 Å². The Morgan fingerprint density at radius 2 is 2.08 bits per heavy atom. The van der Waals surface area contributed by atoms with Gasteiger partial charge in [-0.05, 0) is 46.6 Å². The average Bonchev–Trinajstić information content (AvgIpc) is 3.05. The van der Waals surface area contributed by atoms with Gasteiger partial charge < -0.3 is 20.3 Å². The first-order chi connectivity index (χ1) is 12.1. The van der Waals surface area contributed by atoms with Gasteiger partial charge in [0.1, 0.15) is 12.1 Å². The minimum atomic E-state index is -0.693. The average molecular weight is 368 g/mol. The molecule has 0 aromatic heterocycles. The van der Waals surface area contributed by atoms with Crippen LogP contribution >= 0.6 is 0 Å². The van der Waals surface area contributed by atoms with E-state index in [1.807, 2.05) is 27.7 Å². The van der Waals surface area contributed by atoms with Crippen LogP contribution in [0.3, 0.4) is 0 Å². The Hall–Kier alpha value is -1.93. The number of ether oxygens (including phenoxy) is 1. The molecule has 8 heteroatoms. The maximum atomic E-state index is 13.0. The van der Waals surface area contributed by atoms with Crippen LogP contribution in [-0.2, 0) is 19.1 Å². The van der Waals surface area contributed by atoms with Gasteiger partial charge >= 0.3 is 0 Å². The van der Waals surface area contributed by atoms with Crippen molar-refractivity contribution in [1.82, 2.24) is 15.1 Å². The molecule has 2 atom stereocenters. The van der Waals surface area contributed by atoms with Crippen LogP contribution in [0.5, 0.6) is 0 Å². The molecule has 0 saturated carbocycles. The molecule has 1 aliphatic heterocycles. The topological polar surface area (TPSA) is 105 Å². The fourth-order valence-corrected chi connectivity index (χ4v) is 2.84. The molecule has 148 valence electrons. The van der Waals surface area contributed by atoms with E-state index in [0.29, 0.717) is 19.5 Å². The first-order valence-electron chi connectivity index (χ1n) is 8.99. The number of hydrogen-bond acceptors (Lipinski definition) is 5. The van der Waals surface area contributed by atoms with Crippen LogP contribution in [0, 0.1) is 0 Å². The highest BCUT2D eigenvalue weighted by Crippen LogP contribution is 2.18. The van der Waals surface area contributed by atoms with E-state index in [-0.39, 0.29) is 30.7 Å². The quantitative estimate of drug-likeness (QED) is 0.448. The monoisotopic (exact) mass is 368 g/mol. The van der Waals surface area contributed by atoms with Crippen molar-refractivity contribution in [3.8, 4) is 0 Å². The number of nitrogens with one attached hydrogen (secondary N) is 1. The van der Waals surface area contributed by atoms with Gasteiger partial charge in [0.05, 0.1) is 12.3 Å². The third kappa shape index (κ3) is 6.42. The second kappa shape index (κ2) is 9.68. The highest BCUT2D eigenvalue weighted by Gasteiger charge is 2.36. The van der Waals surface area contributed by atoms with Gasteiger partial charge in [0.2, 0.25) is 17.7 Å². The summed E-state index contributed by atoms with van der Waals surface area (Å²) in [6, 6.07) is -1.29. The molecule has 1 rings (SSSR count). The summed E-state index contributed by atoms with van der Waals surface area (Å²) in [5.74, 6) is -1.01. The molecule has 0 aromatic rings. The molecule has 0 spiro atoms. The Bertz CT molecular complexity index is 530. The predicted molar refractivity (Wildman–Crippen MR) is 99.0 cm³/mol. The van der Waals surface area contributed by atoms with Gasteiger partial charge in [-0.1, -0.05) is 6.58 Å². The van der Waals surface area contributed by atoms with E-state index in [1.54, 1.807) is 0 Å². The summed E-state index contributed by atoms with van der Waals surface area (Å²) >= 11 is 0. The lowest BCUT2D eigenvalue weighted by atomic mass is 10.1. The molecule has 1 aliphatic rings. The molecular formula is C18H32N4O4. The van der Waals surface area contributed by atoms with Crippen LogP contribution in [0.4, 0.5) is 0 Å². The predicted octanol–water partition coefficient (Wildman–Crippen LogP) is 0.228. The van der Waals surface area contributed by atoms with Crippen molar-refractivity contribution in [2.75, 3.05) is 26.4 Å². The first kappa shape index (κ1) is 22.1. The molecule has 1 saturated heterocycles. The van der Waals surface area contributed by atoms with Gasteiger partial charge in [-0.3, -0.25) is 19.7 Å². The van der Waals surface area contributed by atoms with E-state index in [9.17, 15) is 14.4 Å². The van der Waals surface area contributed by atoms with Crippen molar-refractivity contribution in [3.05, 3.63) is 12.7 Å². The number of amides is 3. The highest BCUT2D eigenvalue weighted by atomic mass is 16.5. The van der Waals surface area contributed by atoms with Crippen molar-refractivity contribution < 1.29 is 19.1 Å². The molecular weight excluding hydrogens is 336 g/mol. The number of carbonyl (C=O) groups is 3. The molecule has 0 aliphatic carbocycles. The number of likely N-dealkylation sites (N-methyl/N-ethyl adjacent to an activating group) is 1. The van der Waals surface area contributed by atoms with Crippen molar-refractivity contribution in [3.63, 3.8) is 0 Å². The van der Waals surface area contributed by atoms with E-state index in [0.717, 1.165) is 6.42 Å². The van der Waals surface area contributed by atoms with E-state index >= 15 is 0 Å². The fraction of sp³-hybridized carbons (Fsp3) is 0.722. The van der Waals surface area contributed by atoms with Crippen LogP contribution in [0.25, 0.3) is 0 Å². The fourth-order valence-electron chi connectivity index (χ4n) is 2.84. The number of rotatable bonds is 9. The van der Waals surface area contributed by atoms with E-state index in [2.05, 4.69) is 11.9 Å². The lowest BCUT2D eigenvalue weighted by Gasteiger charge is -2.32. The highest BCUT2D eigenvalue weighted by molar-refractivity contribution is 5.91. The van der Waals surface area contributed by atoms with Gasteiger partial charge in [0.15, 0.2) is 0 Å². The molecule has 1 fully saturated rings. The van der Waals surface area contributed by atoms with E-state index in [1.165, 1.54) is 15.9 Å². The number of primary amides is 1. The standard InChI is InChI=1S/C18H32N4O4/c1-6-15(23)21(7-2)11-13(20-12-26-18(3,4)5)17(25)22-10-8-9-14(22)16(19)24/h6,13-14,20H,1,7-12H2,2-5H3,(H2,19,24). The summed E-state index contributed by atoms with van der Waals surface area (Å²) in [6.07, 6.45) is 2.52. The van der Waals surface area contributed by atoms with Crippen LogP contribution in [-0.4, -0.2) is 71.6 Å². The van der Waals surface area contributed by atoms with Crippen LogP contribution in [0.15, 0.2) is 12.7 Å². The molecule has 2 unspecified atom stereocenters. The Balaban J connectivity index is 2.90. The van der Waals surface area contributed by atoms with Crippen molar-refractivity contribution in [2.24, 2.45) is 5.73 Å². The van der Waals surface area contributed by atoms with E-state index in [4.69, 9.17) is 10.5 Å². The first-order valence-corrected chi connectivity index (χ1v) is 8.99. The lowest BCUT2D eigenvalue weighted by Crippen LogP contribution is -2.56. The second-order valence-corrected chi connectivity index (χ2v) is 7.33. The minimum Gasteiger partial charge on any atom is -0.368 e. The second-order valence-electron chi connectivity index (χ2n) is 7.33. The van der Waals surface area contributed by atoms with Crippen molar-refractivity contribution in [2.45, 2.75) is 58.2 Å². The Morgan fingerprint density at radius 1 is 1.42 bits per heavy atom. The Kier molecular flexibility index (Phi) is 8.23. The summed E-state index contributed by atoms with van der Waals surface area (Å²) in [7, 11) is 0. The number of nitrogens with two attached hydrogens (primary N) is 1. The smallest absolute Gasteiger partial charge is 0.246 e. The number of carbonyl (C=O) groups excluding carboxylic acids is 3. The zero-order chi connectivity index (χ0) is 19.9. The summed E-state index contributed by atoms with van der Waals surface area (Å²) in [4.78, 5) is 39.6. The zero-order valence-electron chi connectivity index (χ0n) is 16.3. The molecule has 0 bridgehead atoms. The van der Waals surface area contributed by atoms with Gasteiger partial charge in [-0.15, -0.1) is 0 Å². The molecule has 0 aromatic carbocycles. The van der Waals surface area contributed by atoms with Crippen LogP contribution in [0.1, 0.15) is 40.5 Å².